The molecular formula is C8H17N3O2S. The molecular weight excluding hydrogens is 202 g/mol. The molecule has 0 bridgehead atoms. The predicted molar refractivity (Wildman–Crippen MR) is 56.7 cm³/mol. The summed E-state index contributed by atoms with van der Waals surface area (Å²) in [4.78, 5) is 4.03. The SMILES string of the molecule is CCNS(=O)(=O)CCN=C(N)C1CC1. The van der Waals surface area contributed by atoms with E-state index in [1.54, 1.807) is 6.92 Å². The monoisotopic (exact) mass is 219 g/mol. The van der Waals surface area contributed by atoms with Crippen molar-refractivity contribution < 1.29 is 8.42 Å². The molecule has 0 saturated heterocycles. The van der Waals surface area contributed by atoms with E-state index in [4.69, 9.17) is 5.73 Å². The number of aliphatic imine (C=N–C) groups is 1. The molecule has 0 aromatic carbocycles. The summed E-state index contributed by atoms with van der Waals surface area (Å²) in [6.45, 7) is 2.43. The van der Waals surface area contributed by atoms with Crippen molar-refractivity contribution in [3.8, 4) is 0 Å². The van der Waals surface area contributed by atoms with Crippen molar-refractivity contribution in [2.75, 3.05) is 18.8 Å². The molecule has 0 aromatic rings. The zero-order valence-electron chi connectivity index (χ0n) is 8.36. The zero-order chi connectivity index (χ0) is 10.6. The molecule has 1 aliphatic carbocycles. The van der Waals surface area contributed by atoms with Crippen LogP contribution in [0.25, 0.3) is 0 Å². The average molecular weight is 219 g/mol. The lowest BCUT2D eigenvalue weighted by atomic mass is 10.4. The Morgan fingerprint density at radius 3 is 2.71 bits per heavy atom. The maximum Gasteiger partial charge on any atom is 0.213 e. The average Bonchev–Trinajstić information content (AvgIpc) is 2.85. The first kappa shape index (κ1) is 11.5. The van der Waals surface area contributed by atoms with Crippen LogP contribution in [0, 0.1) is 5.92 Å². The van der Waals surface area contributed by atoms with Crippen LogP contribution in [0.5, 0.6) is 0 Å². The molecule has 6 heteroatoms. The van der Waals surface area contributed by atoms with Gasteiger partial charge < -0.3 is 5.73 Å². The molecule has 5 nitrogen and oxygen atoms in total. The molecule has 1 fully saturated rings. The number of hydrogen-bond acceptors (Lipinski definition) is 3. The number of nitrogens with one attached hydrogen (secondary N) is 1. The Kier molecular flexibility index (Phi) is 3.88. The fraction of sp³-hybridized carbons (Fsp3) is 0.875. The van der Waals surface area contributed by atoms with Gasteiger partial charge in [-0.1, -0.05) is 6.92 Å². The van der Waals surface area contributed by atoms with Crippen LogP contribution in [0.1, 0.15) is 19.8 Å². The van der Waals surface area contributed by atoms with Crippen LogP contribution in [0.15, 0.2) is 4.99 Å². The molecule has 0 radical (unpaired) electrons. The van der Waals surface area contributed by atoms with Gasteiger partial charge >= 0.3 is 0 Å². The van der Waals surface area contributed by atoms with Gasteiger partial charge in [0.1, 0.15) is 0 Å². The number of amidine groups is 1. The molecule has 1 saturated carbocycles. The van der Waals surface area contributed by atoms with E-state index in [9.17, 15) is 8.42 Å². The largest absolute Gasteiger partial charge is 0.387 e. The van der Waals surface area contributed by atoms with Crippen LogP contribution in [-0.2, 0) is 10.0 Å². The van der Waals surface area contributed by atoms with E-state index in [1.165, 1.54) is 0 Å². The normalized spacial score (nSPS) is 18.5. The van der Waals surface area contributed by atoms with Gasteiger partial charge in [0.05, 0.1) is 18.1 Å². The summed E-state index contributed by atoms with van der Waals surface area (Å²) in [5.74, 6) is 1.04. The Bertz CT molecular complexity index is 307. The fourth-order valence-corrected chi connectivity index (χ4v) is 2.01. The van der Waals surface area contributed by atoms with Crippen LogP contribution in [0.2, 0.25) is 0 Å². The highest BCUT2D eigenvalue weighted by atomic mass is 32.2. The lowest BCUT2D eigenvalue weighted by Gasteiger charge is -2.02. The Morgan fingerprint density at radius 2 is 2.21 bits per heavy atom. The summed E-state index contributed by atoms with van der Waals surface area (Å²) >= 11 is 0. The zero-order valence-corrected chi connectivity index (χ0v) is 9.18. The first-order chi connectivity index (χ1) is 6.55. The molecule has 0 amide bonds. The van der Waals surface area contributed by atoms with Crippen LogP contribution in [-0.4, -0.2) is 33.1 Å². The van der Waals surface area contributed by atoms with E-state index in [0.29, 0.717) is 18.3 Å². The van der Waals surface area contributed by atoms with Crippen molar-refractivity contribution >= 4 is 15.9 Å². The van der Waals surface area contributed by atoms with Crippen LogP contribution in [0.3, 0.4) is 0 Å². The third kappa shape index (κ3) is 4.06. The molecule has 3 N–H and O–H groups in total. The van der Waals surface area contributed by atoms with E-state index in [1.807, 2.05) is 0 Å². The lowest BCUT2D eigenvalue weighted by Crippen LogP contribution is -2.27. The highest BCUT2D eigenvalue weighted by molar-refractivity contribution is 7.89. The summed E-state index contributed by atoms with van der Waals surface area (Å²) in [6.07, 6.45) is 2.19. The molecule has 1 aliphatic rings. The van der Waals surface area contributed by atoms with Crippen LogP contribution >= 0.6 is 0 Å². The second-order valence-electron chi connectivity index (χ2n) is 3.40. The molecule has 14 heavy (non-hydrogen) atoms. The van der Waals surface area contributed by atoms with Crippen molar-refractivity contribution in [1.82, 2.24) is 4.72 Å². The molecule has 0 spiro atoms. The lowest BCUT2D eigenvalue weighted by molar-refractivity contribution is 0.584. The third-order valence-corrected chi connectivity index (χ3v) is 3.46. The van der Waals surface area contributed by atoms with E-state index in [0.717, 1.165) is 12.8 Å². The summed E-state index contributed by atoms with van der Waals surface area (Å²) in [5, 5.41) is 0. The molecule has 0 atom stereocenters. The molecule has 0 heterocycles. The number of rotatable bonds is 6. The van der Waals surface area contributed by atoms with Gasteiger partial charge in [0.25, 0.3) is 0 Å². The van der Waals surface area contributed by atoms with Crippen molar-refractivity contribution in [1.29, 1.82) is 0 Å². The molecule has 0 aromatic heterocycles. The molecule has 0 unspecified atom stereocenters. The van der Waals surface area contributed by atoms with Gasteiger partial charge in [-0.15, -0.1) is 0 Å². The van der Waals surface area contributed by atoms with Gasteiger partial charge in [0, 0.05) is 12.5 Å². The van der Waals surface area contributed by atoms with Gasteiger partial charge in [0.15, 0.2) is 0 Å². The first-order valence-corrected chi connectivity index (χ1v) is 6.47. The van der Waals surface area contributed by atoms with Crippen molar-refractivity contribution in [2.45, 2.75) is 19.8 Å². The quantitative estimate of drug-likeness (QED) is 0.475. The molecule has 0 aliphatic heterocycles. The minimum atomic E-state index is -3.15. The summed E-state index contributed by atoms with van der Waals surface area (Å²) in [5.41, 5.74) is 5.62. The van der Waals surface area contributed by atoms with E-state index in [-0.39, 0.29) is 12.3 Å². The maximum absolute atomic E-state index is 11.2. The van der Waals surface area contributed by atoms with Crippen LogP contribution in [0.4, 0.5) is 0 Å². The second-order valence-corrected chi connectivity index (χ2v) is 5.32. The van der Waals surface area contributed by atoms with Gasteiger partial charge in [-0.05, 0) is 12.8 Å². The van der Waals surface area contributed by atoms with Crippen molar-refractivity contribution in [3.05, 3.63) is 0 Å². The van der Waals surface area contributed by atoms with Gasteiger partial charge in [-0.3, -0.25) is 4.99 Å². The summed E-state index contributed by atoms with van der Waals surface area (Å²) in [6, 6.07) is 0. The number of sulfonamides is 1. The van der Waals surface area contributed by atoms with Gasteiger partial charge in [-0.2, -0.15) is 0 Å². The Morgan fingerprint density at radius 1 is 1.57 bits per heavy atom. The van der Waals surface area contributed by atoms with E-state index < -0.39 is 10.0 Å². The number of hydrogen-bond donors (Lipinski definition) is 2. The minimum absolute atomic E-state index is 0.0221. The summed E-state index contributed by atoms with van der Waals surface area (Å²) in [7, 11) is -3.15. The standard InChI is InChI=1S/C8H17N3O2S/c1-2-11-14(12,13)6-5-10-8(9)7-3-4-7/h7,11H,2-6H2,1H3,(H2,9,10). The molecule has 82 valence electrons. The number of nitrogens with two attached hydrogens (primary N) is 1. The Hall–Kier alpha value is -0.620. The highest BCUT2D eigenvalue weighted by Gasteiger charge is 2.25. The fourth-order valence-electron chi connectivity index (χ4n) is 1.10. The molecule has 1 rings (SSSR count). The third-order valence-electron chi connectivity index (χ3n) is 2.01. The second kappa shape index (κ2) is 4.75. The predicted octanol–water partition coefficient (Wildman–Crippen LogP) is -0.307. The topological polar surface area (TPSA) is 84.5 Å². The van der Waals surface area contributed by atoms with Crippen LogP contribution < -0.4 is 10.5 Å². The van der Waals surface area contributed by atoms with E-state index in [2.05, 4.69) is 9.71 Å². The minimum Gasteiger partial charge on any atom is -0.387 e. The van der Waals surface area contributed by atoms with Gasteiger partial charge in [0.2, 0.25) is 10.0 Å². The highest BCUT2D eigenvalue weighted by Crippen LogP contribution is 2.28. The summed E-state index contributed by atoms with van der Waals surface area (Å²) < 4.78 is 24.8. The Labute approximate surface area is 84.8 Å². The smallest absolute Gasteiger partial charge is 0.213 e. The number of nitrogens with zero attached hydrogens (tertiary/aromatic N) is 1. The van der Waals surface area contributed by atoms with E-state index >= 15 is 0 Å². The first-order valence-electron chi connectivity index (χ1n) is 4.82. The van der Waals surface area contributed by atoms with Gasteiger partial charge in [-0.25, -0.2) is 13.1 Å². The van der Waals surface area contributed by atoms with Crippen molar-refractivity contribution in [2.24, 2.45) is 16.6 Å². The maximum atomic E-state index is 11.2. The van der Waals surface area contributed by atoms with Crippen molar-refractivity contribution in [3.63, 3.8) is 0 Å². The Balaban J connectivity index is 2.29.